The van der Waals surface area contributed by atoms with Crippen molar-refractivity contribution < 1.29 is 9.84 Å². The summed E-state index contributed by atoms with van der Waals surface area (Å²) in [5.41, 5.74) is 2.33. The molecule has 0 amide bonds. The maximum atomic E-state index is 10.5. The highest BCUT2D eigenvalue weighted by Crippen LogP contribution is 2.25. The first-order valence-corrected chi connectivity index (χ1v) is 6.93. The minimum Gasteiger partial charge on any atom is -0.497 e. The lowest BCUT2D eigenvalue weighted by Gasteiger charge is -2.11. The number of aliphatic hydroxyl groups is 1. The second-order valence-electron chi connectivity index (χ2n) is 4.43. The molecule has 1 aromatic carbocycles. The molecule has 0 saturated heterocycles. The van der Waals surface area contributed by atoms with Gasteiger partial charge in [-0.2, -0.15) is 0 Å². The van der Waals surface area contributed by atoms with Gasteiger partial charge in [-0.25, -0.2) is 4.98 Å². The topological polar surface area (TPSA) is 46.8 Å². The van der Waals surface area contributed by atoms with Gasteiger partial charge in [-0.15, -0.1) is 0 Å². The van der Waals surface area contributed by atoms with Gasteiger partial charge in [0, 0.05) is 10.7 Å². The first kappa shape index (κ1) is 13.1. The molecule has 1 N–H and O–H groups in total. The summed E-state index contributed by atoms with van der Waals surface area (Å²) in [6.07, 6.45) is 2.85. The maximum Gasteiger partial charge on any atom is 0.137 e. The molecule has 4 nitrogen and oxygen atoms in total. The molecule has 0 saturated carbocycles. The Kier molecular flexibility index (Phi) is 3.46. The highest BCUT2D eigenvalue weighted by molar-refractivity contribution is 9.10. The molecule has 0 radical (unpaired) electrons. The molecular formula is C15H13BrN2O2. The van der Waals surface area contributed by atoms with Crippen molar-refractivity contribution in [2.45, 2.75) is 6.10 Å². The number of methoxy groups -OCH3 is 1. The second kappa shape index (κ2) is 5.26. The average molecular weight is 333 g/mol. The zero-order valence-corrected chi connectivity index (χ0v) is 12.4. The zero-order valence-electron chi connectivity index (χ0n) is 10.8. The smallest absolute Gasteiger partial charge is 0.137 e. The number of hydrogen-bond acceptors (Lipinski definition) is 3. The van der Waals surface area contributed by atoms with E-state index in [4.69, 9.17) is 4.74 Å². The van der Waals surface area contributed by atoms with Crippen LogP contribution < -0.4 is 4.74 Å². The lowest BCUT2D eigenvalue weighted by atomic mass is 10.1. The van der Waals surface area contributed by atoms with E-state index in [2.05, 4.69) is 20.9 Å². The molecule has 5 heteroatoms. The van der Waals surface area contributed by atoms with Crippen LogP contribution >= 0.6 is 15.9 Å². The molecule has 2 aromatic heterocycles. The van der Waals surface area contributed by atoms with Gasteiger partial charge in [-0.3, -0.25) is 4.40 Å². The Morgan fingerprint density at radius 1 is 1.20 bits per heavy atom. The molecule has 1 atom stereocenters. The Morgan fingerprint density at radius 3 is 2.65 bits per heavy atom. The Bertz CT molecular complexity index is 737. The molecule has 3 aromatic rings. The van der Waals surface area contributed by atoms with Crippen LogP contribution in [0.2, 0.25) is 0 Å². The number of nitrogens with zero attached hydrogens (tertiary/aromatic N) is 2. The quantitative estimate of drug-likeness (QED) is 0.801. The van der Waals surface area contributed by atoms with Crippen LogP contribution in [0.4, 0.5) is 0 Å². The van der Waals surface area contributed by atoms with Crippen molar-refractivity contribution in [1.29, 1.82) is 0 Å². The van der Waals surface area contributed by atoms with Crippen LogP contribution in [-0.4, -0.2) is 21.6 Å². The number of ether oxygens (including phenoxy) is 1. The van der Waals surface area contributed by atoms with E-state index in [9.17, 15) is 5.11 Å². The minimum atomic E-state index is -0.731. The number of benzene rings is 1. The van der Waals surface area contributed by atoms with Crippen molar-refractivity contribution in [3.63, 3.8) is 0 Å². The molecule has 3 rings (SSSR count). The third-order valence-electron chi connectivity index (χ3n) is 3.21. The normalized spacial score (nSPS) is 12.6. The van der Waals surface area contributed by atoms with Crippen LogP contribution in [0.15, 0.2) is 53.3 Å². The third kappa shape index (κ3) is 2.30. The predicted molar refractivity (Wildman–Crippen MR) is 79.9 cm³/mol. The number of imidazole rings is 1. The van der Waals surface area contributed by atoms with Gasteiger partial charge in [-0.1, -0.05) is 12.1 Å². The summed E-state index contributed by atoms with van der Waals surface area (Å²) in [4.78, 5) is 4.30. The van der Waals surface area contributed by atoms with Gasteiger partial charge in [0.1, 0.15) is 17.5 Å². The molecule has 0 aliphatic rings. The van der Waals surface area contributed by atoms with E-state index in [0.29, 0.717) is 0 Å². The Hall–Kier alpha value is -1.85. The lowest BCUT2D eigenvalue weighted by molar-refractivity contribution is 0.214. The number of hydrogen-bond donors (Lipinski definition) is 1. The molecule has 0 aliphatic heterocycles. The molecular weight excluding hydrogens is 320 g/mol. The summed E-state index contributed by atoms with van der Waals surface area (Å²) < 4.78 is 7.93. The van der Waals surface area contributed by atoms with Gasteiger partial charge in [-0.05, 0) is 45.8 Å². The van der Waals surface area contributed by atoms with Crippen LogP contribution in [0.1, 0.15) is 17.4 Å². The predicted octanol–water partition coefficient (Wildman–Crippen LogP) is 3.19. The standard InChI is InChI=1S/C15H13BrN2O2/c1-20-12-5-2-10(3-6-12)15(19)13-8-17-14-7-4-11(16)9-18(13)14/h2-9,15,19H,1H3. The fourth-order valence-corrected chi connectivity index (χ4v) is 2.47. The zero-order chi connectivity index (χ0) is 14.1. The first-order chi connectivity index (χ1) is 9.69. The van der Waals surface area contributed by atoms with Crippen molar-refractivity contribution in [3.05, 3.63) is 64.5 Å². The Morgan fingerprint density at radius 2 is 1.95 bits per heavy atom. The molecule has 1 unspecified atom stereocenters. The van der Waals surface area contributed by atoms with E-state index in [0.717, 1.165) is 27.1 Å². The lowest BCUT2D eigenvalue weighted by Crippen LogP contribution is -2.03. The van der Waals surface area contributed by atoms with Crippen LogP contribution in [0, 0.1) is 0 Å². The van der Waals surface area contributed by atoms with Crippen molar-refractivity contribution in [2.24, 2.45) is 0 Å². The summed E-state index contributed by atoms with van der Waals surface area (Å²) in [6.45, 7) is 0. The summed E-state index contributed by atoms with van der Waals surface area (Å²) in [5, 5.41) is 10.5. The third-order valence-corrected chi connectivity index (χ3v) is 3.68. The van der Waals surface area contributed by atoms with E-state index < -0.39 is 6.10 Å². The molecule has 0 bridgehead atoms. The van der Waals surface area contributed by atoms with Crippen LogP contribution in [0.3, 0.4) is 0 Å². The van der Waals surface area contributed by atoms with E-state index >= 15 is 0 Å². The van der Waals surface area contributed by atoms with E-state index in [-0.39, 0.29) is 0 Å². The van der Waals surface area contributed by atoms with Crippen molar-refractivity contribution in [3.8, 4) is 5.75 Å². The van der Waals surface area contributed by atoms with Gasteiger partial charge in [0.25, 0.3) is 0 Å². The molecule has 20 heavy (non-hydrogen) atoms. The number of aromatic nitrogens is 2. The molecule has 102 valence electrons. The van der Waals surface area contributed by atoms with Crippen molar-refractivity contribution in [2.75, 3.05) is 7.11 Å². The highest BCUT2D eigenvalue weighted by Gasteiger charge is 2.15. The van der Waals surface area contributed by atoms with E-state index in [1.54, 1.807) is 13.3 Å². The molecule has 0 spiro atoms. The van der Waals surface area contributed by atoms with Gasteiger partial charge in [0.2, 0.25) is 0 Å². The van der Waals surface area contributed by atoms with Crippen molar-refractivity contribution in [1.82, 2.24) is 9.38 Å². The average Bonchev–Trinajstić information content (AvgIpc) is 2.89. The number of aliphatic hydroxyl groups excluding tert-OH is 1. The number of fused-ring (bicyclic) bond motifs is 1. The number of rotatable bonds is 3. The van der Waals surface area contributed by atoms with Gasteiger partial charge in [0.15, 0.2) is 0 Å². The Labute approximate surface area is 124 Å². The highest BCUT2D eigenvalue weighted by atomic mass is 79.9. The van der Waals surface area contributed by atoms with Gasteiger partial charge in [0.05, 0.1) is 19.0 Å². The van der Waals surface area contributed by atoms with Crippen molar-refractivity contribution >= 4 is 21.6 Å². The number of halogens is 1. The summed E-state index contributed by atoms with van der Waals surface area (Å²) >= 11 is 3.43. The van der Waals surface area contributed by atoms with Gasteiger partial charge < -0.3 is 9.84 Å². The maximum absolute atomic E-state index is 10.5. The van der Waals surface area contributed by atoms with E-state index in [1.165, 1.54) is 0 Å². The van der Waals surface area contributed by atoms with E-state index in [1.807, 2.05) is 47.0 Å². The first-order valence-electron chi connectivity index (χ1n) is 6.13. The van der Waals surface area contributed by atoms with Crippen LogP contribution in [0.25, 0.3) is 5.65 Å². The van der Waals surface area contributed by atoms with Crippen LogP contribution in [0.5, 0.6) is 5.75 Å². The second-order valence-corrected chi connectivity index (χ2v) is 5.35. The monoisotopic (exact) mass is 332 g/mol. The summed E-state index contributed by atoms with van der Waals surface area (Å²) in [7, 11) is 1.62. The SMILES string of the molecule is COc1ccc(C(O)c2cnc3ccc(Br)cn23)cc1. The number of pyridine rings is 1. The molecule has 0 fully saturated rings. The summed E-state index contributed by atoms with van der Waals surface area (Å²) in [6, 6.07) is 11.2. The minimum absolute atomic E-state index is 0.728. The van der Waals surface area contributed by atoms with Gasteiger partial charge >= 0.3 is 0 Å². The summed E-state index contributed by atoms with van der Waals surface area (Å²) in [5.74, 6) is 0.766. The molecule has 2 heterocycles. The Balaban J connectivity index is 2.02. The fraction of sp³-hybridized carbons (Fsp3) is 0.133. The molecule has 0 aliphatic carbocycles. The largest absolute Gasteiger partial charge is 0.497 e. The fourth-order valence-electron chi connectivity index (χ4n) is 2.13. The van der Waals surface area contributed by atoms with Crippen LogP contribution in [-0.2, 0) is 0 Å².